The number of hydrogen-bond acceptors (Lipinski definition) is 5. The summed E-state index contributed by atoms with van der Waals surface area (Å²) in [5.41, 5.74) is 2.78. The Labute approximate surface area is 168 Å². The van der Waals surface area contributed by atoms with E-state index in [0.29, 0.717) is 24.8 Å². The third-order valence-electron chi connectivity index (χ3n) is 4.22. The van der Waals surface area contributed by atoms with Gasteiger partial charge in [-0.05, 0) is 48.4 Å². The molecule has 0 bridgehead atoms. The number of ether oxygens (including phenoxy) is 2. The van der Waals surface area contributed by atoms with E-state index in [-0.39, 0.29) is 5.56 Å². The van der Waals surface area contributed by atoms with E-state index in [9.17, 15) is 9.18 Å². The van der Waals surface area contributed by atoms with E-state index in [1.54, 1.807) is 12.3 Å². The van der Waals surface area contributed by atoms with Gasteiger partial charge in [0, 0.05) is 18.0 Å². The lowest BCUT2D eigenvalue weighted by atomic mass is 10.0. The molecule has 7 heteroatoms. The van der Waals surface area contributed by atoms with Gasteiger partial charge in [0.15, 0.2) is 17.3 Å². The van der Waals surface area contributed by atoms with Crippen molar-refractivity contribution in [3.8, 4) is 22.6 Å². The first kappa shape index (κ1) is 20.3. The van der Waals surface area contributed by atoms with E-state index in [4.69, 9.17) is 9.47 Å². The Balaban J connectivity index is 0.00000117. The summed E-state index contributed by atoms with van der Waals surface area (Å²) >= 11 is 0. The van der Waals surface area contributed by atoms with Gasteiger partial charge in [0.1, 0.15) is 19.0 Å². The molecule has 1 aliphatic rings. The van der Waals surface area contributed by atoms with Crippen LogP contribution in [0.2, 0.25) is 0 Å². The molecule has 0 aliphatic carbocycles. The molecule has 3 aromatic rings. The van der Waals surface area contributed by atoms with Crippen molar-refractivity contribution in [2.75, 3.05) is 18.5 Å². The lowest BCUT2D eigenvalue weighted by Crippen LogP contribution is -2.15. The van der Waals surface area contributed by atoms with Crippen molar-refractivity contribution in [2.24, 2.45) is 0 Å². The average molecular weight is 395 g/mol. The van der Waals surface area contributed by atoms with Crippen molar-refractivity contribution in [1.82, 2.24) is 9.97 Å². The van der Waals surface area contributed by atoms with Gasteiger partial charge in [-0.3, -0.25) is 9.78 Å². The molecule has 1 aromatic carbocycles. The highest BCUT2D eigenvalue weighted by atomic mass is 19.1. The number of hydrogen-bond donors (Lipinski definition) is 1. The second-order valence-corrected chi connectivity index (χ2v) is 6.05. The molecule has 0 fully saturated rings. The van der Waals surface area contributed by atoms with Crippen molar-refractivity contribution in [3.63, 3.8) is 0 Å². The van der Waals surface area contributed by atoms with Crippen molar-refractivity contribution >= 4 is 11.7 Å². The number of benzene rings is 1. The number of aryl methyl sites for hydroxylation is 1. The molecule has 150 valence electrons. The summed E-state index contributed by atoms with van der Waals surface area (Å²) in [6.07, 6.45) is 4.01. The van der Waals surface area contributed by atoms with Crippen LogP contribution in [0.4, 0.5) is 10.2 Å². The van der Waals surface area contributed by atoms with Gasteiger partial charge in [-0.25, -0.2) is 9.37 Å². The van der Waals surface area contributed by atoms with Gasteiger partial charge >= 0.3 is 0 Å². The zero-order chi connectivity index (χ0) is 20.8. The standard InChI is InChI=1S/C20H16FN3O3.C2H6/c1-12-8-17-18(27-7-6-26-17)9-15(12)13-2-3-19(23-10-13)24-20(25)14-4-5-22-11-16(14)21;1-2/h2-5,8-11H,6-7H2,1H3,(H,23,24,25);1-2H3. The smallest absolute Gasteiger partial charge is 0.259 e. The Morgan fingerprint density at radius 1 is 1.07 bits per heavy atom. The lowest BCUT2D eigenvalue weighted by Gasteiger charge is -2.20. The van der Waals surface area contributed by atoms with E-state index in [1.807, 2.05) is 39.0 Å². The average Bonchev–Trinajstić information content (AvgIpc) is 2.75. The van der Waals surface area contributed by atoms with E-state index in [1.165, 1.54) is 12.3 Å². The molecule has 2 aromatic heterocycles. The molecule has 1 amide bonds. The van der Waals surface area contributed by atoms with Crippen LogP contribution in [-0.4, -0.2) is 29.1 Å². The van der Waals surface area contributed by atoms with Crippen LogP contribution in [0.5, 0.6) is 11.5 Å². The zero-order valence-electron chi connectivity index (χ0n) is 16.5. The number of nitrogens with zero attached hydrogens (tertiary/aromatic N) is 2. The maximum atomic E-state index is 13.6. The molecule has 1 N–H and O–H groups in total. The number of fused-ring (bicyclic) bond motifs is 1. The number of amides is 1. The quantitative estimate of drug-likeness (QED) is 0.699. The minimum absolute atomic E-state index is 0.0847. The van der Waals surface area contributed by atoms with E-state index < -0.39 is 11.7 Å². The summed E-state index contributed by atoms with van der Waals surface area (Å²) in [5.74, 6) is 0.505. The molecular weight excluding hydrogens is 373 g/mol. The molecule has 6 nitrogen and oxygen atoms in total. The Hall–Kier alpha value is -3.48. The molecule has 4 rings (SSSR count). The molecule has 0 saturated carbocycles. The third kappa shape index (κ3) is 4.51. The van der Waals surface area contributed by atoms with Gasteiger partial charge in [0.05, 0.1) is 11.8 Å². The van der Waals surface area contributed by atoms with Crippen molar-refractivity contribution in [1.29, 1.82) is 0 Å². The Bertz CT molecular complexity index is 1010. The molecular formula is C22H22FN3O3. The van der Waals surface area contributed by atoms with E-state index in [0.717, 1.165) is 28.6 Å². The van der Waals surface area contributed by atoms with Gasteiger partial charge in [0.25, 0.3) is 5.91 Å². The van der Waals surface area contributed by atoms with Crippen LogP contribution < -0.4 is 14.8 Å². The largest absolute Gasteiger partial charge is 0.486 e. The molecule has 0 atom stereocenters. The summed E-state index contributed by atoms with van der Waals surface area (Å²) in [5, 5.41) is 2.58. The number of aromatic nitrogens is 2. The van der Waals surface area contributed by atoms with E-state index in [2.05, 4.69) is 15.3 Å². The van der Waals surface area contributed by atoms with Crippen molar-refractivity contribution in [3.05, 3.63) is 65.9 Å². The molecule has 0 saturated heterocycles. The summed E-state index contributed by atoms with van der Waals surface area (Å²) in [4.78, 5) is 20.0. The first-order valence-electron chi connectivity index (χ1n) is 9.39. The van der Waals surface area contributed by atoms with Crippen LogP contribution in [0, 0.1) is 12.7 Å². The molecule has 1 aliphatic heterocycles. The highest BCUT2D eigenvalue weighted by Crippen LogP contribution is 2.37. The maximum absolute atomic E-state index is 13.6. The number of nitrogens with one attached hydrogen (secondary N) is 1. The van der Waals surface area contributed by atoms with Crippen LogP contribution in [0.15, 0.2) is 48.9 Å². The van der Waals surface area contributed by atoms with Crippen LogP contribution in [0.25, 0.3) is 11.1 Å². The second kappa shape index (κ2) is 9.14. The fourth-order valence-corrected chi connectivity index (χ4v) is 2.87. The minimum Gasteiger partial charge on any atom is -0.486 e. The molecule has 0 spiro atoms. The Kier molecular flexibility index (Phi) is 6.39. The number of anilines is 1. The van der Waals surface area contributed by atoms with Gasteiger partial charge in [-0.1, -0.05) is 13.8 Å². The van der Waals surface area contributed by atoms with Crippen LogP contribution >= 0.6 is 0 Å². The van der Waals surface area contributed by atoms with Crippen molar-refractivity contribution in [2.45, 2.75) is 20.8 Å². The summed E-state index contributed by atoms with van der Waals surface area (Å²) in [6, 6.07) is 8.68. The predicted molar refractivity (Wildman–Crippen MR) is 109 cm³/mol. The molecule has 29 heavy (non-hydrogen) atoms. The van der Waals surface area contributed by atoms with Crippen molar-refractivity contribution < 1.29 is 18.7 Å². The number of carbonyl (C=O) groups excluding carboxylic acids is 1. The molecule has 0 unspecified atom stereocenters. The molecule has 3 heterocycles. The number of rotatable bonds is 3. The Morgan fingerprint density at radius 2 is 1.79 bits per heavy atom. The monoisotopic (exact) mass is 395 g/mol. The summed E-state index contributed by atoms with van der Waals surface area (Å²) in [6.45, 7) is 7.04. The SMILES string of the molecule is CC.Cc1cc2c(cc1-c1ccc(NC(=O)c3ccncc3F)nc1)OCCO2. The Morgan fingerprint density at radius 3 is 2.45 bits per heavy atom. The van der Waals surface area contributed by atoms with Gasteiger partial charge in [0.2, 0.25) is 0 Å². The summed E-state index contributed by atoms with van der Waals surface area (Å²) in [7, 11) is 0. The normalized spacial score (nSPS) is 11.9. The predicted octanol–water partition coefficient (Wildman–Crippen LogP) is 4.64. The third-order valence-corrected chi connectivity index (χ3v) is 4.22. The van der Waals surface area contributed by atoms with Gasteiger partial charge in [-0.15, -0.1) is 0 Å². The topological polar surface area (TPSA) is 73.3 Å². The van der Waals surface area contributed by atoms with Crippen LogP contribution in [0.1, 0.15) is 29.8 Å². The highest BCUT2D eigenvalue weighted by Gasteiger charge is 2.16. The second-order valence-electron chi connectivity index (χ2n) is 6.05. The van der Waals surface area contributed by atoms with Crippen LogP contribution in [0.3, 0.4) is 0 Å². The maximum Gasteiger partial charge on any atom is 0.259 e. The minimum atomic E-state index is -0.682. The first-order chi connectivity index (χ1) is 14.1. The fraction of sp³-hybridized carbons (Fsp3) is 0.227. The first-order valence-corrected chi connectivity index (χ1v) is 9.39. The lowest BCUT2D eigenvalue weighted by molar-refractivity contribution is 0.102. The molecule has 0 radical (unpaired) electrons. The fourth-order valence-electron chi connectivity index (χ4n) is 2.87. The van der Waals surface area contributed by atoms with Crippen LogP contribution in [-0.2, 0) is 0 Å². The zero-order valence-corrected chi connectivity index (χ0v) is 16.5. The number of pyridine rings is 2. The summed E-state index contributed by atoms with van der Waals surface area (Å²) < 4.78 is 24.9. The highest BCUT2D eigenvalue weighted by molar-refractivity contribution is 6.03. The van der Waals surface area contributed by atoms with Gasteiger partial charge in [-0.2, -0.15) is 0 Å². The van der Waals surface area contributed by atoms with Gasteiger partial charge < -0.3 is 14.8 Å². The number of carbonyl (C=O) groups is 1. The van der Waals surface area contributed by atoms with E-state index >= 15 is 0 Å². The number of halogens is 1.